The lowest BCUT2D eigenvalue weighted by Crippen LogP contribution is -2.45. The fourth-order valence-corrected chi connectivity index (χ4v) is 3.24. The maximum Gasteiger partial charge on any atom is 0.239 e. The number of thiocarbonyl (C=S) groups is 1. The number of nitrogens with one attached hydrogen (secondary N) is 1. The molecule has 4 nitrogen and oxygen atoms in total. The Morgan fingerprint density at radius 1 is 1.40 bits per heavy atom. The third-order valence-corrected chi connectivity index (χ3v) is 4.75. The highest BCUT2D eigenvalue weighted by Gasteiger charge is 2.38. The molecule has 0 aliphatic rings. The molecule has 1 amide bonds. The Balaban J connectivity index is 2.95. The van der Waals surface area contributed by atoms with Gasteiger partial charge in [-0.05, 0) is 12.8 Å². The van der Waals surface area contributed by atoms with Gasteiger partial charge in [0.1, 0.15) is 0 Å². The third kappa shape index (κ3) is 3.35. The summed E-state index contributed by atoms with van der Waals surface area (Å²) in [6.07, 6.45) is 1.17. The van der Waals surface area contributed by atoms with Gasteiger partial charge >= 0.3 is 0 Å². The predicted octanol–water partition coefficient (Wildman–Crippen LogP) is 3.47. The summed E-state index contributed by atoms with van der Waals surface area (Å²) in [6, 6.07) is 0. The molecule has 0 aliphatic heterocycles. The van der Waals surface area contributed by atoms with Crippen molar-refractivity contribution in [2.75, 3.05) is 5.32 Å². The number of aromatic nitrogens is 1. The average molecular weight is 313 g/mol. The summed E-state index contributed by atoms with van der Waals surface area (Å²) in [6.45, 7) is 10.1. The number of nitrogens with two attached hydrogens (primary N) is 1. The molecule has 112 valence electrons. The number of hydrogen-bond acceptors (Lipinski definition) is 4. The SMILES string of the molecule is CCC(CC)(C(=O)Nc1nc(C(C)(C)C)cs1)C(N)=S. The lowest BCUT2D eigenvalue weighted by Gasteiger charge is -2.28. The van der Waals surface area contributed by atoms with Crippen LogP contribution in [0.25, 0.3) is 0 Å². The Labute approximate surface area is 130 Å². The number of hydrogen-bond donors (Lipinski definition) is 2. The van der Waals surface area contributed by atoms with Gasteiger partial charge in [0.2, 0.25) is 5.91 Å². The molecule has 6 heteroatoms. The molecule has 0 radical (unpaired) electrons. The fourth-order valence-electron chi connectivity index (χ4n) is 1.92. The molecule has 0 bridgehead atoms. The van der Waals surface area contributed by atoms with Crippen molar-refractivity contribution in [1.82, 2.24) is 4.98 Å². The van der Waals surface area contributed by atoms with Crippen LogP contribution < -0.4 is 11.1 Å². The van der Waals surface area contributed by atoms with Crippen LogP contribution in [0, 0.1) is 5.41 Å². The highest BCUT2D eigenvalue weighted by Crippen LogP contribution is 2.31. The van der Waals surface area contributed by atoms with E-state index in [4.69, 9.17) is 18.0 Å². The summed E-state index contributed by atoms with van der Waals surface area (Å²) in [5, 5.41) is 5.43. The van der Waals surface area contributed by atoms with Crippen molar-refractivity contribution in [1.29, 1.82) is 0 Å². The van der Waals surface area contributed by atoms with Gasteiger partial charge in [0.25, 0.3) is 0 Å². The number of amides is 1. The van der Waals surface area contributed by atoms with Crippen LogP contribution in [0.15, 0.2) is 5.38 Å². The quantitative estimate of drug-likeness (QED) is 0.817. The van der Waals surface area contributed by atoms with Crippen molar-refractivity contribution in [2.24, 2.45) is 11.1 Å². The minimum atomic E-state index is -0.789. The van der Waals surface area contributed by atoms with E-state index in [-0.39, 0.29) is 16.3 Å². The second kappa shape index (κ2) is 6.18. The summed E-state index contributed by atoms with van der Waals surface area (Å²) < 4.78 is 0. The number of nitrogens with zero attached hydrogens (tertiary/aromatic N) is 1. The van der Waals surface area contributed by atoms with Crippen LogP contribution in [-0.2, 0) is 10.2 Å². The Hall–Kier alpha value is -1.01. The summed E-state index contributed by atoms with van der Waals surface area (Å²) >= 11 is 6.51. The van der Waals surface area contributed by atoms with E-state index >= 15 is 0 Å². The number of carbonyl (C=O) groups is 1. The molecule has 1 aromatic heterocycles. The molecule has 0 fully saturated rings. The van der Waals surface area contributed by atoms with Crippen LogP contribution in [-0.4, -0.2) is 15.9 Å². The number of anilines is 1. The topological polar surface area (TPSA) is 68.0 Å². The van der Waals surface area contributed by atoms with E-state index in [0.29, 0.717) is 18.0 Å². The van der Waals surface area contributed by atoms with Gasteiger partial charge in [0.05, 0.1) is 16.1 Å². The van der Waals surface area contributed by atoms with E-state index in [9.17, 15) is 4.79 Å². The predicted molar refractivity (Wildman–Crippen MR) is 89.2 cm³/mol. The molecule has 1 heterocycles. The number of carbonyl (C=O) groups excluding carboxylic acids is 1. The molecule has 1 rings (SSSR count). The smallest absolute Gasteiger partial charge is 0.239 e. The highest BCUT2D eigenvalue weighted by molar-refractivity contribution is 7.80. The van der Waals surface area contributed by atoms with Crippen LogP contribution in [0.5, 0.6) is 0 Å². The van der Waals surface area contributed by atoms with Crippen LogP contribution >= 0.6 is 23.6 Å². The Morgan fingerprint density at radius 3 is 2.30 bits per heavy atom. The summed E-state index contributed by atoms with van der Waals surface area (Å²) in [5.74, 6) is -0.162. The maximum atomic E-state index is 12.5. The van der Waals surface area contributed by atoms with Gasteiger partial charge in [0, 0.05) is 10.8 Å². The van der Waals surface area contributed by atoms with E-state index in [1.807, 2.05) is 19.2 Å². The third-order valence-electron chi connectivity index (χ3n) is 3.61. The summed E-state index contributed by atoms with van der Waals surface area (Å²) in [4.78, 5) is 17.2. The molecule has 0 unspecified atom stereocenters. The Morgan fingerprint density at radius 2 is 1.95 bits per heavy atom. The Bertz CT molecular complexity index is 499. The van der Waals surface area contributed by atoms with Crippen molar-refractivity contribution < 1.29 is 4.79 Å². The van der Waals surface area contributed by atoms with Gasteiger partial charge in [-0.2, -0.15) is 0 Å². The van der Waals surface area contributed by atoms with Crippen molar-refractivity contribution in [2.45, 2.75) is 52.9 Å². The first-order chi connectivity index (χ1) is 9.17. The van der Waals surface area contributed by atoms with Crippen LogP contribution in [0.4, 0.5) is 5.13 Å². The largest absolute Gasteiger partial charge is 0.392 e. The zero-order valence-corrected chi connectivity index (χ0v) is 14.4. The lowest BCUT2D eigenvalue weighted by atomic mass is 9.81. The van der Waals surface area contributed by atoms with Crippen molar-refractivity contribution >= 4 is 39.6 Å². The molecular weight excluding hydrogens is 290 g/mol. The molecule has 0 spiro atoms. The molecule has 0 aromatic carbocycles. The number of rotatable bonds is 5. The van der Waals surface area contributed by atoms with Crippen LogP contribution in [0.2, 0.25) is 0 Å². The highest BCUT2D eigenvalue weighted by atomic mass is 32.1. The normalized spacial score (nSPS) is 12.2. The van der Waals surface area contributed by atoms with E-state index in [2.05, 4.69) is 31.1 Å². The lowest BCUT2D eigenvalue weighted by molar-refractivity contribution is -0.122. The van der Waals surface area contributed by atoms with Gasteiger partial charge in [-0.1, -0.05) is 46.8 Å². The van der Waals surface area contributed by atoms with Crippen LogP contribution in [0.1, 0.15) is 53.2 Å². The Kier molecular flexibility index (Phi) is 5.27. The maximum absolute atomic E-state index is 12.5. The van der Waals surface area contributed by atoms with Gasteiger partial charge in [-0.15, -0.1) is 11.3 Å². The summed E-state index contributed by atoms with van der Waals surface area (Å²) in [5.41, 5.74) is 5.92. The van der Waals surface area contributed by atoms with Gasteiger partial charge in [-0.25, -0.2) is 4.98 Å². The minimum Gasteiger partial charge on any atom is -0.392 e. The molecule has 0 saturated heterocycles. The van der Waals surface area contributed by atoms with Crippen molar-refractivity contribution in [3.8, 4) is 0 Å². The monoisotopic (exact) mass is 313 g/mol. The van der Waals surface area contributed by atoms with E-state index in [1.54, 1.807) is 0 Å². The zero-order chi connectivity index (χ0) is 15.6. The molecule has 0 saturated carbocycles. The first-order valence-corrected chi connectivity index (χ1v) is 8.03. The van der Waals surface area contributed by atoms with Gasteiger partial charge in [0.15, 0.2) is 5.13 Å². The second-order valence-corrected chi connectivity index (χ2v) is 7.19. The van der Waals surface area contributed by atoms with Crippen LogP contribution in [0.3, 0.4) is 0 Å². The minimum absolute atomic E-state index is 0.0325. The zero-order valence-electron chi connectivity index (χ0n) is 12.7. The standard InChI is InChI=1S/C14H23N3OS2/c1-6-14(7-2,10(15)19)11(18)17-12-16-9(8-20-12)13(3,4)5/h8H,6-7H2,1-5H3,(H2,15,19)(H,16,17,18). The molecule has 0 aliphatic carbocycles. The average Bonchev–Trinajstić information content (AvgIpc) is 2.79. The number of thiazole rings is 1. The molecule has 0 atom stereocenters. The molecular formula is C14H23N3OS2. The second-order valence-electron chi connectivity index (χ2n) is 5.90. The molecule has 20 heavy (non-hydrogen) atoms. The summed E-state index contributed by atoms with van der Waals surface area (Å²) in [7, 11) is 0. The fraction of sp³-hybridized carbons (Fsp3) is 0.643. The van der Waals surface area contributed by atoms with Gasteiger partial charge in [-0.3, -0.25) is 4.79 Å². The van der Waals surface area contributed by atoms with Crippen molar-refractivity contribution in [3.63, 3.8) is 0 Å². The first kappa shape index (κ1) is 17.0. The molecule has 3 N–H and O–H groups in total. The molecule has 1 aromatic rings. The first-order valence-electron chi connectivity index (χ1n) is 6.74. The van der Waals surface area contributed by atoms with E-state index in [1.165, 1.54) is 11.3 Å². The van der Waals surface area contributed by atoms with Gasteiger partial charge < -0.3 is 11.1 Å². The van der Waals surface area contributed by atoms with E-state index in [0.717, 1.165) is 5.69 Å². The van der Waals surface area contributed by atoms with E-state index < -0.39 is 5.41 Å². The van der Waals surface area contributed by atoms with Crippen molar-refractivity contribution in [3.05, 3.63) is 11.1 Å².